The van der Waals surface area contributed by atoms with E-state index in [1.807, 2.05) is 98.0 Å². The Bertz CT molecular complexity index is 2020. The molecule has 2 saturated heterocycles. The third-order valence-corrected chi connectivity index (χ3v) is 11.6. The van der Waals surface area contributed by atoms with Crippen LogP contribution in [0.4, 0.5) is 4.79 Å². The van der Waals surface area contributed by atoms with Crippen molar-refractivity contribution < 1.29 is 33.4 Å². The maximum atomic E-state index is 14.5. The van der Waals surface area contributed by atoms with Gasteiger partial charge >= 0.3 is 6.09 Å². The van der Waals surface area contributed by atoms with Crippen LogP contribution in [0.5, 0.6) is 5.75 Å². The maximum Gasteiger partial charge on any atom is 0.408 e. The molecule has 3 unspecified atom stereocenters. The number of nitrogens with zero attached hydrogens (tertiary/aromatic N) is 2. The number of alkyl carbamates (subject to hydrolysis) is 1. The molecular weight excluding hydrogens is 709 g/mol. The van der Waals surface area contributed by atoms with Crippen LogP contribution in [0.2, 0.25) is 0 Å². The number of nitrogens with one attached hydrogen (secondary N) is 2. The molecule has 2 fully saturated rings. The smallest absolute Gasteiger partial charge is 0.408 e. The number of methoxy groups -OCH3 is 1. The number of carbonyl (C=O) groups excluding carboxylic acids is 4. The normalized spacial score (nSPS) is 19.6. The lowest BCUT2D eigenvalue weighted by atomic mass is 9.69. The fourth-order valence-corrected chi connectivity index (χ4v) is 8.60. The summed E-state index contributed by atoms with van der Waals surface area (Å²) in [5.41, 5.74) is 4.07. The van der Waals surface area contributed by atoms with Gasteiger partial charge in [-0.3, -0.25) is 14.4 Å². The van der Waals surface area contributed by atoms with E-state index in [1.54, 1.807) is 30.8 Å². The molecule has 11 nitrogen and oxygen atoms in total. The number of carbonyl (C=O) groups is 4. The van der Waals surface area contributed by atoms with Crippen molar-refractivity contribution in [2.24, 2.45) is 5.41 Å². The van der Waals surface area contributed by atoms with Crippen molar-refractivity contribution in [1.29, 1.82) is 0 Å². The van der Waals surface area contributed by atoms with Gasteiger partial charge in [0, 0.05) is 38.5 Å². The molecule has 4 aromatic carbocycles. The van der Waals surface area contributed by atoms with E-state index in [0.717, 1.165) is 33.4 Å². The largest absolute Gasteiger partial charge is 0.497 e. The number of amides is 4. The topological polar surface area (TPSA) is 127 Å². The van der Waals surface area contributed by atoms with Gasteiger partial charge in [0.1, 0.15) is 23.9 Å². The summed E-state index contributed by atoms with van der Waals surface area (Å²) in [7, 11) is 3.41. The molecule has 7 rings (SSSR count). The number of benzene rings is 4. The minimum Gasteiger partial charge on any atom is -0.497 e. The van der Waals surface area contributed by atoms with E-state index in [4.69, 9.17) is 14.2 Å². The predicted octanol–water partition coefficient (Wildman–Crippen LogP) is 5.88. The Balaban J connectivity index is 1.05. The van der Waals surface area contributed by atoms with E-state index >= 15 is 0 Å². The molecular formula is C45H50N4O7. The first-order chi connectivity index (χ1) is 27.0. The number of fused-ring (bicyclic) bond motifs is 3. The Morgan fingerprint density at radius 3 is 2.20 bits per heavy atom. The molecule has 11 heteroatoms. The highest BCUT2D eigenvalue weighted by Crippen LogP contribution is 2.49. The molecule has 0 radical (unpaired) electrons. The second-order valence-electron chi connectivity index (χ2n) is 15.6. The van der Waals surface area contributed by atoms with Crippen LogP contribution in [-0.2, 0) is 30.5 Å². The summed E-state index contributed by atoms with van der Waals surface area (Å²) >= 11 is 0. The second-order valence-corrected chi connectivity index (χ2v) is 15.6. The van der Waals surface area contributed by atoms with Crippen LogP contribution >= 0.6 is 0 Å². The van der Waals surface area contributed by atoms with Crippen molar-refractivity contribution in [3.63, 3.8) is 0 Å². The van der Waals surface area contributed by atoms with Crippen molar-refractivity contribution >= 4 is 23.8 Å². The van der Waals surface area contributed by atoms with Crippen LogP contribution in [0.15, 0.2) is 103 Å². The monoisotopic (exact) mass is 758 g/mol. The van der Waals surface area contributed by atoms with Crippen LogP contribution in [0.25, 0.3) is 11.1 Å². The molecule has 0 bridgehead atoms. The summed E-state index contributed by atoms with van der Waals surface area (Å²) < 4.78 is 17.1. The first-order valence-corrected chi connectivity index (χ1v) is 19.2. The van der Waals surface area contributed by atoms with Gasteiger partial charge in [-0.1, -0.05) is 91.0 Å². The average Bonchev–Trinajstić information content (AvgIpc) is 3.66. The van der Waals surface area contributed by atoms with Crippen LogP contribution in [0.3, 0.4) is 0 Å². The molecule has 2 aliphatic heterocycles. The fourth-order valence-electron chi connectivity index (χ4n) is 8.60. The van der Waals surface area contributed by atoms with E-state index in [-0.39, 0.29) is 50.0 Å². The summed E-state index contributed by atoms with van der Waals surface area (Å²) in [5, 5.41) is 5.61. The lowest BCUT2D eigenvalue weighted by Crippen LogP contribution is -2.62. The molecule has 4 aromatic rings. The molecule has 0 aromatic heterocycles. The number of hydrogen-bond acceptors (Lipinski definition) is 7. The van der Waals surface area contributed by atoms with Gasteiger partial charge in [-0.2, -0.15) is 0 Å². The van der Waals surface area contributed by atoms with Gasteiger partial charge in [0.05, 0.1) is 25.7 Å². The molecule has 2 N–H and O–H groups in total. The van der Waals surface area contributed by atoms with Crippen molar-refractivity contribution in [1.82, 2.24) is 20.4 Å². The van der Waals surface area contributed by atoms with Crippen LogP contribution < -0.4 is 15.4 Å². The van der Waals surface area contributed by atoms with Crippen LogP contribution in [0.1, 0.15) is 60.8 Å². The van der Waals surface area contributed by atoms with Crippen molar-refractivity contribution in [3.05, 3.63) is 125 Å². The lowest BCUT2D eigenvalue weighted by Gasteiger charge is -2.43. The second kappa shape index (κ2) is 16.2. The quantitative estimate of drug-likeness (QED) is 0.185. The Hall–Kier alpha value is -5.68. The molecule has 56 heavy (non-hydrogen) atoms. The van der Waals surface area contributed by atoms with Crippen LogP contribution in [-0.4, -0.2) is 92.2 Å². The number of likely N-dealkylation sites (N-methyl/N-ethyl adjacent to an activating group) is 1. The highest BCUT2D eigenvalue weighted by Gasteiger charge is 2.56. The number of hydrogen-bond donors (Lipinski definition) is 2. The third-order valence-electron chi connectivity index (χ3n) is 11.6. The molecule has 3 aliphatic rings. The Morgan fingerprint density at radius 1 is 0.893 bits per heavy atom. The maximum absolute atomic E-state index is 14.5. The fraction of sp³-hybridized carbons (Fsp3) is 0.378. The van der Waals surface area contributed by atoms with E-state index < -0.39 is 29.0 Å². The number of rotatable bonds is 12. The summed E-state index contributed by atoms with van der Waals surface area (Å²) in [4.78, 5) is 59.1. The van der Waals surface area contributed by atoms with Crippen LogP contribution in [0, 0.1) is 5.41 Å². The number of likely N-dealkylation sites (tertiary alicyclic amines) is 2. The van der Waals surface area contributed by atoms with Gasteiger partial charge < -0.3 is 34.6 Å². The van der Waals surface area contributed by atoms with E-state index in [2.05, 4.69) is 22.8 Å². The van der Waals surface area contributed by atoms with Crippen molar-refractivity contribution in [3.8, 4) is 16.9 Å². The molecule has 2 heterocycles. The zero-order valence-corrected chi connectivity index (χ0v) is 32.5. The molecule has 0 saturated carbocycles. The Kier molecular flexibility index (Phi) is 11.2. The van der Waals surface area contributed by atoms with Gasteiger partial charge in [0.15, 0.2) is 0 Å². The highest BCUT2D eigenvalue weighted by molar-refractivity contribution is 5.94. The minimum absolute atomic E-state index is 0.0219. The summed E-state index contributed by atoms with van der Waals surface area (Å²) in [6.07, 6.45) is 0.540. The average molecular weight is 759 g/mol. The first-order valence-electron chi connectivity index (χ1n) is 19.2. The van der Waals surface area contributed by atoms with Gasteiger partial charge in [0.2, 0.25) is 17.7 Å². The molecule has 292 valence electrons. The molecule has 1 aliphatic carbocycles. The zero-order valence-electron chi connectivity index (χ0n) is 32.5. The molecule has 1 spiro atoms. The zero-order chi connectivity index (χ0) is 39.5. The molecule has 4 amide bonds. The summed E-state index contributed by atoms with van der Waals surface area (Å²) in [5.74, 6) is -0.428. The SMILES string of the molecule is COc1ccc(COCC(NC(=O)C(C)(C)NC(=O)OCC2c3ccccc3-c3ccccc32)C(=O)N2CCCC3(C2)C(=O)N(C)CC3c2ccccc2)cc1. The Morgan fingerprint density at radius 2 is 1.54 bits per heavy atom. The third kappa shape index (κ3) is 7.73. The highest BCUT2D eigenvalue weighted by atomic mass is 16.5. The number of piperidine rings is 1. The predicted molar refractivity (Wildman–Crippen MR) is 212 cm³/mol. The van der Waals surface area contributed by atoms with Gasteiger partial charge in [0.25, 0.3) is 0 Å². The van der Waals surface area contributed by atoms with Crippen molar-refractivity contribution in [2.75, 3.05) is 47.0 Å². The van der Waals surface area contributed by atoms with Gasteiger partial charge in [-0.05, 0) is 72.2 Å². The van der Waals surface area contributed by atoms with E-state index in [1.165, 1.54) is 0 Å². The minimum atomic E-state index is -1.46. The van der Waals surface area contributed by atoms with Gasteiger partial charge in [-0.15, -0.1) is 0 Å². The number of ether oxygens (including phenoxy) is 3. The lowest BCUT2D eigenvalue weighted by molar-refractivity contribution is -0.147. The van der Waals surface area contributed by atoms with E-state index in [0.29, 0.717) is 31.7 Å². The Labute approximate surface area is 328 Å². The van der Waals surface area contributed by atoms with E-state index in [9.17, 15) is 19.2 Å². The standard InChI is InChI=1S/C45H50N4O7/c1-44(2,47-43(53)56-27-37-35-17-10-8-15-33(35)34-16-9-11-18-36(34)37)41(51)46-39(28-55-26-30-19-21-32(54-4)22-20-30)40(50)49-24-12-23-45(29-49)38(25-48(3)42(45)52)31-13-6-5-7-14-31/h5-11,13-22,37-39H,12,23-29H2,1-4H3,(H,46,51)(H,47,53). The van der Waals surface area contributed by atoms with Crippen molar-refractivity contribution in [2.45, 2.75) is 56.7 Å². The molecule has 3 atom stereocenters. The van der Waals surface area contributed by atoms with Gasteiger partial charge in [-0.25, -0.2) is 4.79 Å². The first kappa shape index (κ1) is 38.6. The summed E-state index contributed by atoms with van der Waals surface area (Å²) in [6, 6.07) is 32.4. The summed E-state index contributed by atoms with van der Waals surface area (Å²) in [6.45, 7) is 4.50.